The Hall–Kier alpha value is -2.50. The summed E-state index contributed by atoms with van der Waals surface area (Å²) in [5.41, 5.74) is 6.28. The number of alkyl halides is 3. The van der Waals surface area contributed by atoms with Crippen LogP contribution in [0.1, 0.15) is 53.6 Å². The zero-order valence-electron chi connectivity index (χ0n) is 15.8. The van der Waals surface area contributed by atoms with Crippen LogP contribution in [0.4, 0.5) is 18.9 Å². The molecule has 0 radical (unpaired) electrons. The number of anilines is 1. The molecule has 0 spiro atoms. The number of halogens is 3. The van der Waals surface area contributed by atoms with E-state index in [1.54, 1.807) is 0 Å². The Labute approximate surface area is 163 Å². The molecule has 3 atom stereocenters. The molecule has 3 rings (SSSR count). The third-order valence-corrected chi connectivity index (χ3v) is 5.69. The molecule has 0 saturated heterocycles. The van der Waals surface area contributed by atoms with Crippen LogP contribution in [0.25, 0.3) is 0 Å². The van der Waals surface area contributed by atoms with Crippen molar-refractivity contribution in [2.45, 2.75) is 38.3 Å². The van der Waals surface area contributed by atoms with Gasteiger partial charge in [0.25, 0.3) is 0 Å². The van der Waals surface area contributed by atoms with E-state index < -0.39 is 17.6 Å². The van der Waals surface area contributed by atoms with Crippen molar-refractivity contribution in [2.24, 2.45) is 17.6 Å². The third-order valence-electron chi connectivity index (χ3n) is 5.69. The van der Waals surface area contributed by atoms with Gasteiger partial charge in [-0.3, -0.25) is 4.79 Å². The number of nitrogens with two attached hydrogens (primary N) is 1. The van der Waals surface area contributed by atoms with Crippen LogP contribution in [0.2, 0.25) is 0 Å². The fourth-order valence-electron chi connectivity index (χ4n) is 4.24. The molecule has 28 heavy (non-hydrogen) atoms. The fraction of sp³-hybridized carbons (Fsp3) is 0.409. The Balaban J connectivity index is 1.71. The van der Waals surface area contributed by atoms with Crippen molar-refractivity contribution in [3.63, 3.8) is 0 Å². The van der Waals surface area contributed by atoms with Crippen molar-refractivity contribution in [2.75, 3.05) is 11.9 Å². The first-order valence-electron chi connectivity index (χ1n) is 9.55. The molecule has 1 aliphatic rings. The van der Waals surface area contributed by atoms with E-state index in [1.165, 1.54) is 6.07 Å². The zero-order valence-corrected chi connectivity index (χ0v) is 15.8. The maximum absolute atomic E-state index is 13.0. The predicted molar refractivity (Wildman–Crippen MR) is 104 cm³/mol. The van der Waals surface area contributed by atoms with Gasteiger partial charge in [-0.1, -0.05) is 31.2 Å². The molecule has 3 unspecified atom stereocenters. The summed E-state index contributed by atoms with van der Waals surface area (Å²) in [7, 11) is 0. The molecule has 1 fully saturated rings. The smallest absolute Gasteiger partial charge is 0.385 e. The van der Waals surface area contributed by atoms with Crippen LogP contribution in [-0.4, -0.2) is 12.5 Å². The van der Waals surface area contributed by atoms with E-state index in [-0.39, 0.29) is 17.4 Å². The molecule has 3 nitrogen and oxygen atoms in total. The Morgan fingerprint density at radius 2 is 1.86 bits per heavy atom. The normalized spacial score (nSPS) is 22.6. The van der Waals surface area contributed by atoms with Crippen molar-refractivity contribution in [3.05, 3.63) is 65.2 Å². The van der Waals surface area contributed by atoms with E-state index in [4.69, 9.17) is 5.73 Å². The number of hydrogen-bond acceptors (Lipinski definition) is 2. The van der Waals surface area contributed by atoms with Crippen molar-refractivity contribution < 1.29 is 18.0 Å². The minimum Gasteiger partial charge on any atom is -0.385 e. The molecular formula is C22H25F3N2O. The first-order valence-corrected chi connectivity index (χ1v) is 9.55. The van der Waals surface area contributed by atoms with Gasteiger partial charge < -0.3 is 11.1 Å². The molecule has 1 aliphatic carbocycles. The maximum Gasteiger partial charge on any atom is 0.416 e. The average molecular weight is 390 g/mol. The second kappa shape index (κ2) is 8.25. The highest BCUT2D eigenvalue weighted by Gasteiger charge is 2.34. The van der Waals surface area contributed by atoms with Gasteiger partial charge in [0, 0.05) is 17.8 Å². The van der Waals surface area contributed by atoms with Crippen molar-refractivity contribution in [3.8, 4) is 0 Å². The van der Waals surface area contributed by atoms with Crippen LogP contribution >= 0.6 is 0 Å². The minimum absolute atomic E-state index is 0.00691. The van der Waals surface area contributed by atoms with E-state index in [9.17, 15) is 18.0 Å². The van der Waals surface area contributed by atoms with Crippen molar-refractivity contribution in [1.29, 1.82) is 0 Å². The lowest BCUT2D eigenvalue weighted by Crippen LogP contribution is -2.28. The number of nitrogens with one attached hydrogen (secondary N) is 1. The summed E-state index contributed by atoms with van der Waals surface area (Å²) in [4.78, 5) is 11.8. The van der Waals surface area contributed by atoms with Gasteiger partial charge in [0.05, 0.1) is 5.56 Å². The van der Waals surface area contributed by atoms with Crippen LogP contribution in [0.5, 0.6) is 0 Å². The summed E-state index contributed by atoms with van der Waals surface area (Å²) in [6.07, 6.45) is -1.76. The van der Waals surface area contributed by atoms with Crippen LogP contribution in [0, 0.1) is 11.8 Å². The van der Waals surface area contributed by atoms with Crippen molar-refractivity contribution in [1.82, 2.24) is 0 Å². The lowest BCUT2D eigenvalue weighted by atomic mass is 9.71. The van der Waals surface area contributed by atoms with E-state index in [2.05, 4.69) is 12.2 Å². The highest BCUT2D eigenvalue weighted by atomic mass is 19.4. The molecule has 150 valence electrons. The molecule has 1 amide bonds. The van der Waals surface area contributed by atoms with Crippen LogP contribution in [0.3, 0.4) is 0 Å². The summed E-state index contributed by atoms with van der Waals surface area (Å²) < 4.78 is 39.0. The molecule has 0 heterocycles. The van der Waals surface area contributed by atoms with Gasteiger partial charge in [0.2, 0.25) is 5.91 Å². The third kappa shape index (κ3) is 4.66. The fourth-order valence-corrected chi connectivity index (χ4v) is 4.24. The van der Waals surface area contributed by atoms with E-state index >= 15 is 0 Å². The molecular weight excluding hydrogens is 365 g/mol. The highest BCUT2D eigenvalue weighted by Crippen LogP contribution is 2.42. The molecule has 6 heteroatoms. The Morgan fingerprint density at radius 1 is 1.14 bits per heavy atom. The SMILES string of the molecule is CC1CC(CNc2ccccc2)CCC1c1ccc(C(F)(F)F)cc1C(N)=O. The van der Waals surface area contributed by atoms with Crippen LogP contribution in [-0.2, 0) is 6.18 Å². The molecule has 0 aromatic heterocycles. The monoisotopic (exact) mass is 390 g/mol. The van der Waals surface area contributed by atoms with Crippen molar-refractivity contribution >= 4 is 11.6 Å². The summed E-state index contributed by atoms with van der Waals surface area (Å²) >= 11 is 0. The summed E-state index contributed by atoms with van der Waals surface area (Å²) in [5, 5.41) is 3.44. The van der Waals surface area contributed by atoms with Gasteiger partial charge in [0.15, 0.2) is 0 Å². The van der Waals surface area contributed by atoms with Gasteiger partial charge in [-0.2, -0.15) is 13.2 Å². The lowest BCUT2D eigenvalue weighted by molar-refractivity contribution is -0.137. The number of hydrogen-bond donors (Lipinski definition) is 2. The number of benzene rings is 2. The van der Waals surface area contributed by atoms with E-state index in [0.717, 1.165) is 43.6 Å². The second-order valence-electron chi connectivity index (χ2n) is 7.67. The lowest BCUT2D eigenvalue weighted by Gasteiger charge is -2.35. The number of primary amides is 1. The molecule has 2 aromatic carbocycles. The topological polar surface area (TPSA) is 55.1 Å². The standard InChI is InChI=1S/C22H25F3N2O/c1-14-11-15(13-27-17-5-3-2-4-6-17)7-9-18(14)19-10-8-16(22(23,24)25)12-20(19)21(26)28/h2-6,8,10,12,14-15,18,27H,7,9,11,13H2,1H3,(H2,26,28). The first-order chi connectivity index (χ1) is 13.3. The van der Waals surface area contributed by atoms with Gasteiger partial charge in [-0.05, 0) is 66.8 Å². The Kier molecular flexibility index (Phi) is 5.96. The first kappa shape index (κ1) is 20.2. The quantitative estimate of drug-likeness (QED) is 0.715. The van der Waals surface area contributed by atoms with Crippen LogP contribution < -0.4 is 11.1 Å². The Bertz CT molecular complexity index is 820. The van der Waals surface area contributed by atoms with Gasteiger partial charge in [-0.15, -0.1) is 0 Å². The summed E-state index contributed by atoms with van der Waals surface area (Å²) in [5.74, 6) is -0.0250. The van der Waals surface area contributed by atoms with E-state index in [0.29, 0.717) is 11.5 Å². The number of carbonyl (C=O) groups excluding carboxylic acids is 1. The van der Waals surface area contributed by atoms with Gasteiger partial charge >= 0.3 is 6.18 Å². The average Bonchev–Trinajstić information content (AvgIpc) is 2.66. The highest BCUT2D eigenvalue weighted by molar-refractivity contribution is 5.94. The zero-order chi connectivity index (χ0) is 20.3. The second-order valence-corrected chi connectivity index (χ2v) is 7.67. The minimum atomic E-state index is -4.49. The number of para-hydroxylation sites is 1. The molecule has 2 aromatic rings. The molecule has 0 aliphatic heterocycles. The van der Waals surface area contributed by atoms with E-state index in [1.807, 2.05) is 30.3 Å². The molecule has 1 saturated carbocycles. The Morgan fingerprint density at radius 3 is 2.46 bits per heavy atom. The molecule has 3 N–H and O–H groups in total. The largest absolute Gasteiger partial charge is 0.416 e. The summed E-state index contributed by atoms with van der Waals surface area (Å²) in [6.45, 7) is 2.96. The van der Waals surface area contributed by atoms with Gasteiger partial charge in [-0.25, -0.2) is 0 Å². The number of rotatable bonds is 5. The predicted octanol–water partition coefficient (Wildman–Crippen LogP) is 5.44. The maximum atomic E-state index is 13.0. The molecule has 0 bridgehead atoms. The van der Waals surface area contributed by atoms with Crippen LogP contribution in [0.15, 0.2) is 48.5 Å². The number of amides is 1. The summed E-state index contributed by atoms with van der Waals surface area (Å²) in [6, 6.07) is 13.4. The number of carbonyl (C=O) groups is 1. The van der Waals surface area contributed by atoms with Gasteiger partial charge in [0.1, 0.15) is 0 Å².